The molecular weight excluding hydrogens is 302 g/mol. The molecule has 21 heavy (non-hydrogen) atoms. The van der Waals surface area contributed by atoms with Crippen LogP contribution in [-0.4, -0.2) is 18.0 Å². The van der Waals surface area contributed by atoms with Crippen LogP contribution in [0, 0.1) is 10.1 Å². The minimum Gasteiger partial charge on any atom is -0.259 e. The van der Waals surface area contributed by atoms with E-state index < -0.39 is 13.1 Å². The Kier molecular flexibility index (Phi) is 8.18. The highest BCUT2D eigenvalue weighted by Gasteiger charge is 2.47. The van der Waals surface area contributed by atoms with Crippen molar-refractivity contribution in [1.29, 1.82) is 0 Å². The Labute approximate surface area is 136 Å². The highest BCUT2D eigenvalue weighted by atomic mass is 35.5. The van der Waals surface area contributed by atoms with Crippen molar-refractivity contribution in [3.63, 3.8) is 0 Å². The van der Waals surface area contributed by atoms with E-state index in [1.807, 2.05) is 6.92 Å². The van der Waals surface area contributed by atoms with Gasteiger partial charge in [-0.2, -0.15) is 0 Å². The van der Waals surface area contributed by atoms with Crippen molar-refractivity contribution in [3.8, 4) is 0 Å². The molecule has 124 valence electrons. The molecule has 0 saturated carbocycles. The van der Waals surface area contributed by atoms with Crippen LogP contribution in [0.25, 0.3) is 0 Å². The minimum atomic E-state index is -1.99. The van der Waals surface area contributed by atoms with Crippen LogP contribution in [0.2, 0.25) is 18.1 Å². The van der Waals surface area contributed by atoms with Crippen LogP contribution in [0.1, 0.15) is 66.7 Å². The van der Waals surface area contributed by atoms with Crippen LogP contribution >= 0.6 is 11.6 Å². The number of rotatable bonds is 8. The van der Waals surface area contributed by atoms with E-state index in [1.54, 1.807) is 0 Å². The quantitative estimate of drug-likeness (QED) is 0.175. The van der Waals surface area contributed by atoms with Gasteiger partial charge in [-0.05, 0) is 24.8 Å². The molecule has 0 saturated heterocycles. The molecule has 0 bridgehead atoms. The average Bonchev–Trinajstić information content (AvgIpc) is 2.32. The summed E-state index contributed by atoms with van der Waals surface area (Å²) in [5.74, 6) is 0. The third-order valence-corrected chi connectivity index (χ3v) is 12.1. The van der Waals surface area contributed by atoms with Gasteiger partial charge in [0.25, 0.3) is 5.70 Å². The number of alkyl halides is 1. The SMILES string of the molecule is CCCCCC/C(C)=C(\C(Cl)[Si](C)(C)C(C)(C)C)[N+](=O)[O-]. The van der Waals surface area contributed by atoms with Gasteiger partial charge in [-0.3, -0.25) is 10.1 Å². The summed E-state index contributed by atoms with van der Waals surface area (Å²) in [6.07, 6.45) is 5.29. The zero-order valence-electron chi connectivity index (χ0n) is 14.8. The van der Waals surface area contributed by atoms with Crippen molar-refractivity contribution < 1.29 is 4.92 Å². The van der Waals surface area contributed by atoms with Gasteiger partial charge in [0, 0.05) is 5.57 Å². The summed E-state index contributed by atoms with van der Waals surface area (Å²) in [6, 6.07) is 0. The average molecular weight is 334 g/mol. The molecule has 0 heterocycles. The smallest absolute Gasteiger partial charge is 0.259 e. The Hall–Kier alpha value is -0.353. The molecule has 0 aliphatic carbocycles. The Morgan fingerprint density at radius 3 is 2.14 bits per heavy atom. The van der Waals surface area contributed by atoms with Crippen LogP contribution in [0.5, 0.6) is 0 Å². The standard InChI is InChI=1S/C16H32ClNO2Si/c1-8-9-10-11-12-13(2)14(18(19)20)15(17)21(6,7)16(3,4)5/h15H,8-12H2,1-7H3/b14-13+. The molecule has 0 spiro atoms. The van der Waals surface area contributed by atoms with Gasteiger partial charge in [-0.1, -0.05) is 60.1 Å². The molecule has 0 amide bonds. The van der Waals surface area contributed by atoms with Crippen LogP contribution in [0.15, 0.2) is 11.3 Å². The van der Waals surface area contributed by atoms with Gasteiger partial charge in [-0.25, -0.2) is 0 Å². The van der Waals surface area contributed by atoms with Crippen molar-refractivity contribution in [1.82, 2.24) is 0 Å². The molecule has 0 aromatic heterocycles. The second-order valence-electron chi connectivity index (χ2n) is 7.57. The Morgan fingerprint density at radius 2 is 1.76 bits per heavy atom. The predicted octanol–water partition coefficient (Wildman–Crippen LogP) is 6.16. The van der Waals surface area contributed by atoms with Crippen molar-refractivity contribution in [3.05, 3.63) is 21.4 Å². The van der Waals surface area contributed by atoms with Gasteiger partial charge >= 0.3 is 0 Å². The molecule has 0 aliphatic rings. The van der Waals surface area contributed by atoms with Crippen LogP contribution < -0.4 is 0 Å². The van der Waals surface area contributed by atoms with E-state index in [4.69, 9.17) is 11.6 Å². The lowest BCUT2D eigenvalue weighted by molar-refractivity contribution is -0.426. The van der Waals surface area contributed by atoms with Crippen molar-refractivity contribution in [2.45, 2.75) is 89.9 Å². The lowest BCUT2D eigenvalue weighted by Gasteiger charge is -2.39. The summed E-state index contributed by atoms with van der Waals surface area (Å²) >= 11 is 6.62. The first-order chi connectivity index (χ1) is 9.46. The van der Waals surface area contributed by atoms with Crippen molar-refractivity contribution in [2.75, 3.05) is 0 Å². The first kappa shape index (κ1) is 20.6. The zero-order chi connectivity index (χ0) is 16.8. The number of hydrogen-bond donors (Lipinski definition) is 0. The monoisotopic (exact) mass is 333 g/mol. The topological polar surface area (TPSA) is 43.1 Å². The van der Waals surface area contributed by atoms with Crippen LogP contribution in [0.3, 0.4) is 0 Å². The summed E-state index contributed by atoms with van der Waals surface area (Å²) < 4.78 is 0. The second-order valence-corrected chi connectivity index (χ2v) is 13.9. The van der Waals surface area contributed by atoms with E-state index in [1.165, 1.54) is 12.8 Å². The fraction of sp³-hybridized carbons (Fsp3) is 0.875. The number of unbranched alkanes of at least 4 members (excludes halogenated alkanes) is 3. The maximum atomic E-state index is 11.5. The lowest BCUT2D eigenvalue weighted by Crippen LogP contribution is -2.48. The molecule has 1 atom stereocenters. The van der Waals surface area contributed by atoms with Crippen LogP contribution in [0.4, 0.5) is 0 Å². The second kappa shape index (κ2) is 8.32. The third kappa shape index (κ3) is 5.74. The van der Waals surface area contributed by atoms with E-state index in [-0.39, 0.29) is 15.7 Å². The molecular formula is C16H32ClNO2Si. The number of nitro groups is 1. The van der Waals surface area contributed by atoms with Crippen LogP contribution in [-0.2, 0) is 0 Å². The summed E-state index contributed by atoms with van der Waals surface area (Å²) in [5, 5.41) is 11.1. The Morgan fingerprint density at radius 1 is 1.24 bits per heavy atom. The lowest BCUT2D eigenvalue weighted by atomic mass is 10.1. The first-order valence-corrected chi connectivity index (χ1v) is 11.5. The molecule has 0 N–H and O–H groups in total. The highest BCUT2D eigenvalue weighted by molar-refractivity contribution is 6.88. The predicted molar refractivity (Wildman–Crippen MR) is 95.3 cm³/mol. The number of allylic oxidation sites excluding steroid dienone is 2. The van der Waals surface area contributed by atoms with Gasteiger partial charge in [0.05, 0.1) is 13.0 Å². The van der Waals surface area contributed by atoms with Gasteiger partial charge in [0.1, 0.15) is 5.00 Å². The van der Waals surface area contributed by atoms with Gasteiger partial charge in [0.15, 0.2) is 0 Å². The molecule has 5 heteroatoms. The highest BCUT2D eigenvalue weighted by Crippen LogP contribution is 2.43. The molecule has 0 aromatic rings. The molecule has 0 rings (SSSR count). The van der Waals surface area contributed by atoms with E-state index in [0.29, 0.717) is 0 Å². The number of halogens is 1. The summed E-state index contributed by atoms with van der Waals surface area (Å²) in [6.45, 7) is 14.8. The van der Waals surface area contributed by atoms with Gasteiger partial charge < -0.3 is 0 Å². The molecule has 1 unspecified atom stereocenters. The maximum absolute atomic E-state index is 11.5. The number of nitrogens with zero attached hydrogens (tertiary/aromatic N) is 1. The molecule has 0 aliphatic heterocycles. The normalized spacial score (nSPS) is 15.6. The fourth-order valence-corrected chi connectivity index (χ4v) is 5.18. The van der Waals surface area contributed by atoms with Gasteiger partial charge in [0.2, 0.25) is 0 Å². The molecule has 0 radical (unpaired) electrons. The molecule has 0 fully saturated rings. The largest absolute Gasteiger partial charge is 0.259 e. The fourth-order valence-electron chi connectivity index (χ4n) is 2.13. The van der Waals surface area contributed by atoms with E-state index in [9.17, 15) is 10.1 Å². The Balaban J connectivity index is 5.26. The van der Waals surface area contributed by atoms with Crippen molar-refractivity contribution >= 4 is 19.7 Å². The summed E-state index contributed by atoms with van der Waals surface area (Å²) in [4.78, 5) is 11.3. The van der Waals surface area contributed by atoms with Gasteiger partial charge in [-0.15, -0.1) is 11.6 Å². The Bertz CT molecular complexity index is 386. The minimum absolute atomic E-state index is 0.0309. The van der Waals surface area contributed by atoms with E-state index in [2.05, 4.69) is 40.8 Å². The third-order valence-electron chi connectivity index (χ3n) is 4.85. The first-order valence-electron chi connectivity index (χ1n) is 7.94. The number of hydrogen-bond acceptors (Lipinski definition) is 2. The molecule has 0 aromatic carbocycles. The van der Waals surface area contributed by atoms with E-state index >= 15 is 0 Å². The molecule has 3 nitrogen and oxygen atoms in total. The van der Waals surface area contributed by atoms with Crippen molar-refractivity contribution in [2.24, 2.45) is 0 Å². The summed E-state index contributed by atoms with van der Waals surface area (Å²) in [7, 11) is -1.99. The van der Waals surface area contributed by atoms with E-state index in [0.717, 1.165) is 24.8 Å². The summed E-state index contributed by atoms with van der Waals surface area (Å²) in [5.41, 5.74) is 1.13. The zero-order valence-corrected chi connectivity index (χ0v) is 16.5. The maximum Gasteiger partial charge on any atom is 0.259 e.